The van der Waals surface area contributed by atoms with E-state index in [4.69, 9.17) is 0 Å². The highest BCUT2D eigenvalue weighted by Crippen LogP contribution is 2.11. The third-order valence-corrected chi connectivity index (χ3v) is 4.08. The van der Waals surface area contributed by atoms with Crippen LogP contribution in [-0.4, -0.2) is 27.4 Å². The molecule has 0 unspecified atom stereocenters. The second-order valence-electron chi connectivity index (χ2n) is 4.02. The van der Waals surface area contributed by atoms with Crippen LogP contribution in [0.15, 0.2) is 29.2 Å². The van der Waals surface area contributed by atoms with Gasteiger partial charge in [0.05, 0.1) is 4.90 Å². The summed E-state index contributed by atoms with van der Waals surface area (Å²) in [5.41, 5.74) is 0.339. The molecule has 18 heavy (non-hydrogen) atoms. The first-order chi connectivity index (χ1) is 8.40. The first-order valence-corrected chi connectivity index (χ1v) is 7.23. The number of nitrogens with one attached hydrogen (secondary N) is 2. The predicted molar refractivity (Wildman–Crippen MR) is 69.9 cm³/mol. The van der Waals surface area contributed by atoms with E-state index in [1.54, 1.807) is 12.1 Å². The molecule has 1 amide bonds. The van der Waals surface area contributed by atoms with Crippen molar-refractivity contribution in [3.63, 3.8) is 0 Å². The molecule has 0 aliphatic rings. The van der Waals surface area contributed by atoms with Crippen molar-refractivity contribution in [2.24, 2.45) is 0 Å². The molecular weight excluding hydrogens is 252 g/mol. The highest BCUT2D eigenvalue weighted by atomic mass is 32.2. The molecule has 1 atom stereocenters. The topological polar surface area (TPSA) is 75.3 Å². The molecule has 0 saturated heterocycles. The monoisotopic (exact) mass is 270 g/mol. The van der Waals surface area contributed by atoms with E-state index in [0.29, 0.717) is 5.56 Å². The van der Waals surface area contributed by atoms with Gasteiger partial charge in [-0.1, -0.05) is 13.0 Å². The van der Waals surface area contributed by atoms with Crippen LogP contribution in [0.2, 0.25) is 0 Å². The summed E-state index contributed by atoms with van der Waals surface area (Å²) in [5, 5.41) is 2.79. The number of rotatable bonds is 5. The van der Waals surface area contributed by atoms with Gasteiger partial charge in [-0.05, 0) is 38.6 Å². The van der Waals surface area contributed by atoms with Crippen LogP contribution in [0, 0.1) is 0 Å². The number of hydrogen-bond acceptors (Lipinski definition) is 3. The maximum Gasteiger partial charge on any atom is 0.251 e. The Morgan fingerprint density at radius 2 is 2.06 bits per heavy atom. The highest BCUT2D eigenvalue weighted by Gasteiger charge is 2.14. The SMILES string of the molecule is CC[C@H](C)NC(=O)c1cccc(S(=O)(=O)NC)c1. The van der Waals surface area contributed by atoms with Crippen molar-refractivity contribution >= 4 is 15.9 Å². The summed E-state index contributed by atoms with van der Waals surface area (Å²) >= 11 is 0. The molecule has 6 heteroatoms. The van der Waals surface area contributed by atoms with Gasteiger partial charge in [0.15, 0.2) is 0 Å². The van der Waals surface area contributed by atoms with Gasteiger partial charge in [0.25, 0.3) is 5.91 Å². The summed E-state index contributed by atoms with van der Waals surface area (Å²) in [6, 6.07) is 6.01. The Kier molecular flexibility index (Phi) is 4.86. The fraction of sp³-hybridized carbons (Fsp3) is 0.417. The van der Waals surface area contributed by atoms with Gasteiger partial charge in [-0.15, -0.1) is 0 Å². The third-order valence-electron chi connectivity index (χ3n) is 2.67. The van der Waals surface area contributed by atoms with Crippen molar-refractivity contribution in [1.82, 2.24) is 10.0 Å². The fourth-order valence-corrected chi connectivity index (χ4v) is 2.11. The van der Waals surface area contributed by atoms with E-state index in [0.717, 1.165) is 6.42 Å². The number of hydrogen-bond donors (Lipinski definition) is 2. The van der Waals surface area contributed by atoms with Crippen molar-refractivity contribution in [3.8, 4) is 0 Å². The van der Waals surface area contributed by atoms with Crippen LogP contribution in [0.3, 0.4) is 0 Å². The Bertz CT molecular complexity index is 526. The van der Waals surface area contributed by atoms with Crippen molar-refractivity contribution in [2.75, 3.05) is 7.05 Å². The number of carbonyl (C=O) groups excluding carboxylic acids is 1. The van der Waals surface area contributed by atoms with Crippen LogP contribution in [0.1, 0.15) is 30.6 Å². The Morgan fingerprint density at radius 3 is 2.61 bits per heavy atom. The molecule has 100 valence electrons. The molecular formula is C12H18N2O3S. The van der Waals surface area contributed by atoms with Crippen molar-refractivity contribution in [2.45, 2.75) is 31.2 Å². The fourth-order valence-electron chi connectivity index (χ4n) is 1.33. The molecule has 1 aromatic rings. The van der Waals surface area contributed by atoms with Gasteiger partial charge in [-0.3, -0.25) is 4.79 Å². The summed E-state index contributed by atoms with van der Waals surface area (Å²) < 4.78 is 25.4. The number of sulfonamides is 1. The molecule has 0 saturated carbocycles. The molecule has 0 fully saturated rings. The summed E-state index contributed by atoms with van der Waals surface area (Å²) in [7, 11) is -2.18. The minimum Gasteiger partial charge on any atom is -0.350 e. The number of carbonyl (C=O) groups is 1. The Morgan fingerprint density at radius 1 is 1.39 bits per heavy atom. The number of amides is 1. The van der Waals surface area contributed by atoms with E-state index in [-0.39, 0.29) is 16.8 Å². The van der Waals surface area contributed by atoms with Crippen molar-refractivity contribution in [1.29, 1.82) is 0 Å². The lowest BCUT2D eigenvalue weighted by atomic mass is 10.2. The van der Waals surface area contributed by atoms with Gasteiger partial charge in [-0.25, -0.2) is 13.1 Å². The van der Waals surface area contributed by atoms with Crippen LogP contribution in [0.25, 0.3) is 0 Å². The molecule has 0 radical (unpaired) electrons. The van der Waals surface area contributed by atoms with E-state index in [1.165, 1.54) is 19.2 Å². The minimum atomic E-state index is -3.52. The van der Waals surface area contributed by atoms with Gasteiger partial charge in [0, 0.05) is 11.6 Å². The summed E-state index contributed by atoms with van der Waals surface area (Å²) in [6.45, 7) is 3.86. The second kappa shape index (κ2) is 5.97. The second-order valence-corrected chi connectivity index (χ2v) is 5.90. The van der Waals surface area contributed by atoms with Crippen LogP contribution < -0.4 is 10.0 Å². The van der Waals surface area contributed by atoms with Crippen LogP contribution >= 0.6 is 0 Å². The molecule has 5 nitrogen and oxygen atoms in total. The average Bonchev–Trinajstić information content (AvgIpc) is 2.38. The first kappa shape index (κ1) is 14.7. The molecule has 0 aliphatic heterocycles. The molecule has 0 spiro atoms. The zero-order valence-corrected chi connectivity index (χ0v) is 11.5. The van der Waals surface area contributed by atoms with E-state index in [9.17, 15) is 13.2 Å². The van der Waals surface area contributed by atoms with Gasteiger partial charge in [0.1, 0.15) is 0 Å². The zero-order chi connectivity index (χ0) is 13.8. The van der Waals surface area contributed by atoms with Crippen LogP contribution in [0.5, 0.6) is 0 Å². The highest BCUT2D eigenvalue weighted by molar-refractivity contribution is 7.89. The quantitative estimate of drug-likeness (QED) is 0.842. The lowest BCUT2D eigenvalue weighted by Crippen LogP contribution is -2.32. The summed E-state index contributed by atoms with van der Waals surface area (Å²) in [4.78, 5) is 11.9. The predicted octanol–water partition coefficient (Wildman–Crippen LogP) is 1.12. The van der Waals surface area contributed by atoms with E-state index < -0.39 is 10.0 Å². The van der Waals surface area contributed by atoms with E-state index in [2.05, 4.69) is 10.0 Å². The lowest BCUT2D eigenvalue weighted by Gasteiger charge is -2.12. The molecule has 1 rings (SSSR count). The molecule has 1 aromatic carbocycles. The maximum atomic E-state index is 11.9. The largest absolute Gasteiger partial charge is 0.350 e. The Hall–Kier alpha value is -1.40. The summed E-state index contributed by atoms with van der Waals surface area (Å²) in [6.07, 6.45) is 0.820. The standard InChI is InChI=1S/C12H18N2O3S/c1-4-9(2)14-12(15)10-6-5-7-11(8-10)18(16,17)13-3/h5-9,13H,4H2,1-3H3,(H,14,15)/t9-/m0/s1. The normalized spacial score (nSPS) is 13.1. The van der Waals surface area contributed by atoms with Crippen molar-refractivity contribution in [3.05, 3.63) is 29.8 Å². The number of benzene rings is 1. The maximum absolute atomic E-state index is 11.9. The van der Waals surface area contributed by atoms with Crippen LogP contribution in [-0.2, 0) is 10.0 Å². The summed E-state index contributed by atoms with van der Waals surface area (Å²) in [5.74, 6) is -0.266. The zero-order valence-electron chi connectivity index (χ0n) is 10.7. The Labute approximate surface area is 108 Å². The van der Waals surface area contributed by atoms with E-state index >= 15 is 0 Å². The smallest absolute Gasteiger partial charge is 0.251 e. The van der Waals surface area contributed by atoms with Crippen molar-refractivity contribution < 1.29 is 13.2 Å². The molecule has 2 N–H and O–H groups in total. The van der Waals surface area contributed by atoms with Gasteiger partial charge in [0.2, 0.25) is 10.0 Å². The minimum absolute atomic E-state index is 0.0575. The van der Waals surface area contributed by atoms with Crippen LogP contribution in [0.4, 0.5) is 0 Å². The average molecular weight is 270 g/mol. The van der Waals surface area contributed by atoms with Gasteiger partial charge < -0.3 is 5.32 Å². The molecule has 0 bridgehead atoms. The van der Waals surface area contributed by atoms with Gasteiger partial charge >= 0.3 is 0 Å². The molecule has 0 aromatic heterocycles. The third kappa shape index (κ3) is 3.54. The molecule has 0 heterocycles. The van der Waals surface area contributed by atoms with E-state index in [1.807, 2.05) is 13.8 Å². The lowest BCUT2D eigenvalue weighted by molar-refractivity contribution is 0.0939. The molecule has 0 aliphatic carbocycles. The van der Waals surface area contributed by atoms with Gasteiger partial charge in [-0.2, -0.15) is 0 Å². The first-order valence-electron chi connectivity index (χ1n) is 5.75. The Balaban J connectivity index is 2.99.